The van der Waals surface area contributed by atoms with E-state index >= 15 is 0 Å². The molecule has 15 heavy (non-hydrogen) atoms. The standard InChI is InChI=1S/C9H17F3N2O/c1-15-8-2-3-14(6-9(10,11)12)7(4-8)5-13/h7-8H,2-6,13H2,1H3. The zero-order chi connectivity index (χ0) is 11.5. The van der Waals surface area contributed by atoms with E-state index in [1.165, 1.54) is 4.90 Å². The van der Waals surface area contributed by atoms with Crippen LogP contribution in [0.4, 0.5) is 13.2 Å². The second-order valence-electron chi connectivity index (χ2n) is 3.86. The Hall–Kier alpha value is -0.330. The molecule has 0 radical (unpaired) electrons. The molecule has 3 nitrogen and oxygen atoms in total. The molecule has 1 aliphatic heterocycles. The monoisotopic (exact) mass is 226 g/mol. The van der Waals surface area contributed by atoms with E-state index in [1.807, 2.05) is 0 Å². The van der Waals surface area contributed by atoms with E-state index in [4.69, 9.17) is 10.5 Å². The summed E-state index contributed by atoms with van der Waals surface area (Å²) in [5.41, 5.74) is 5.46. The van der Waals surface area contributed by atoms with Crippen molar-refractivity contribution in [2.75, 3.05) is 26.7 Å². The number of hydrogen-bond acceptors (Lipinski definition) is 3. The second-order valence-corrected chi connectivity index (χ2v) is 3.86. The van der Waals surface area contributed by atoms with E-state index in [0.29, 0.717) is 19.4 Å². The summed E-state index contributed by atoms with van der Waals surface area (Å²) in [4.78, 5) is 1.40. The van der Waals surface area contributed by atoms with Gasteiger partial charge in [0.2, 0.25) is 0 Å². The minimum absolute atomic E-state index is 0.0445. The molecule has 0 aromatic heterocycles. The number of piperidine rings is 1. The fourth-order valence-corrected chi connectivity index (χ4v) is 1.96. The lowest BCUT2D eigenvalue weighted by molar-refractivity contribution is -0.157. The molecule has 0 bridgehead atoms. The average molecular weight is 226 g/mol. The van der Waals surface area contributed by atoms with E-state index in [2.05, 4.69) is 0 Å². The number of halogens is 3. The van der Waals surface area contributed by atoms with Crippen LogP contribution in [0.1, 0.15) is 12.8 Å². The lowest BCUT2D eigenvalue weighted by atomic mass is 9.99. The van der Waals surface area contributed by atoms with Crippen molar-refractivity contribution in [2.45, 2.75) is 31.2 Å². The maximum atomic E-state index is 12.2. The fourth-order valence-electron chi connectivity index (χ4n) is 1.96. The lowest BCUT2D eigenvalue weighted by Gasteiger charge is -2.38. The number of rotatable bonds is 3. The Kier molecular flexibility index (Phi) is 4.36. The third-order valence-electron chi connectivity index (χ3n) is 2.78. The summed E-state index contributed by atoms with van der Waals surface area (Å²) >= 11 is 0. The van der Waals surface area contributed by atoms with Gasteiger partial charge in [0.25, 0.3) is 0 Å². The SMILES string of the molecule is COC1CCN(CC(F)(F)F)C(CN)C1. The van der Waals surface area contributed by atoms with Gasteiger partial charge >= 0.3 is 6.18 Å². The van der Waals surface area contributed by atoms with Gasteiger partial charge in [-0.1, -0.05) is 0 Å². The number of methoxy groups -OCH3 is 1. The maximum Gasteiger partial charge on any atom is 0.401 e. The highest BCUT2D eigenvalue weighted by Crippen LogP contribution is 2.24. The van der Waals surface area contributed by atoms with Crippen molar-refractivity contribution in [2.24, 2.45) is 5.73 Å². The average Bonchev–Trinajstić information content (AvgIpc) is 2.16. The molecular weight excluding hydrogens is 209 g/mol. The van der Waals surface area contributed by atoms with Crippen molar-refractivity contribution in [3.05, 3.63) is 0 Å². The largest absolute Gasteiger partial charge is 0.401 e. The lowest BCUT2D eigenvalue weighted by Crippen LogP contribution is -2.51. The normalized spacial score (nSPS) is 29.4. The van der Waals surface area contributed by atoms with Gasteiger partial charge in [0.1, 0.15) is 0 Å². The van der Waals surface area contributed by atoms with Crippen LogP contribution in [-0.2, 0) is 4.74 Å². The van der Waals surface area contributed by atoms with E-state index in [-0.39, 0.29) is 18.7 Å². The highest BCUT2D eigenvalue weighted by molar-refractivity contribution is 4.84. The third-order valence-corrected chi connectivity index (χ3v) is 2.78. The van der Waals surface area contributed by atoms with Crippen LogP contribution in [0.15, 0.2) is 0 Å². The van der Waals surface area contributed by atoms with Crippen LogP contribution in [0, 0.1) is 0 Å². The van der Waals surface area contributed by atoms with E-state index in [9.17, 15) is 13.2 Å². The Morgan fingerprint density at radius 1 is 1.47 bits per heavy atom. The Labute approximate surface area is 87.4 Å². The minimum Gasteiger partial charge on any atom is -0.381 e. The molecule has 0 aromatic rings. The Bertz CT molecular complexity index is 198. The van der Waals surface area contributed by atoms with Crippen molar-refractivity contribution in [3.8, 4) is 0 Å². The summed E-state index contributed by atoms with van der Waals surface area (Å²) in [6, 6.07) is -0.217. The van der Waals surface area contributed by atoms with Gasteiger partial charge in [-0.3, -0.25) is 4.90 Å². The number of nitrogens with zero attached hydrogens (tertiary/aromatic N) is 1. The quantitative estimate of drug-likeness (QED) is 0.779. The van der Waals surface area contributed by atoms with Gasteiger partial charge in [-0.05, 0) is 12.8 Å². The Balaban J connectivity index is 2.51. The molecule has 1 saturated heterocycles. The topological polar surface area (TPSA) is 38.5 Å². The van der Waals surface area contributed by atoms with Gasteiger partial charge in [0.15, 0.2) is 0 Å². The van der Waals surface area contributed by atoms with Gasteiger partial charge in [-0.15, -0.1) is 0 Å². The van der Waals surface area contributed by atoms with Crippen LogP contribution >= 0.6 is 0 Å². The molecule has 1 aliphatic rings. The zero-order valence-corrected chi connectivity index (χ0v) is 8.76. The van der Waals surface area contributed by atoms with Crippen molar-refractivity contribution in [1.82, 2.24) is 4.90 Å². The molecule has 0 aromatic carbocycles. The molecule has 2 atom stereocenters. The van der Waals surface area contributed by atoms with Crippen LogP contribution in [0.3, 0.4) is 0 Å². The molecule has 90 valence electrons. The molecular formula is C9H17F3N2O. The molecule has 0 saturated carbocycles. The first-order chi connectivity index (χ1) is 6.96. The molecule has 1 rings (SSSR count). The van der Waals surface area contributed by atoms with Crippen LogP contribution in [0.25, 0.3) is 0 Å². The van der Waals surface area contributed by atoms with E-state index in [1.54, 1.807) is 7.11 Å². The highest BCUT2D eigenvalue weighted by Gasteiger charge is 2.36. The molecule has 0 amide bonds. The third kappa shape index (κ3) is 3.96. The number of nitrogens with two attached hydrogens (primary N) is 1. The predicted octanol–water partition coefficient (Wildman–Crippen LogP) is 0.987. The maximum absolute atomic E-state index is 12.2. The number of alkyl halides is 3. The molecule has 1 fully saturated rings. The van der Waals surface area contributed by atoms with Crippen LogP contribution in [-0.4, -0.2) is 50.0 Å². The van der Waals surface area contributed by atoms with Gasteiger partial charge in [-0.25, -0.2) is 0 Å². The molecule has 6 heteroatoms. The van der Waals surface area contributed by atoms with Crippen LogP contribution in [0.5, 0.6) is 0 Å². The van der Waals surface area contributed by atoms with Crippen molar-refractivity contribution < 1.29 is 17.9 Å². The number of hydrogen-bond donors (Lipinski definition) is 1. The summed E-state index contributed by atoms with van der Waals surface area (Å²) in [6.45, 7) is -0.221. The van der Waals surface area contributed by atoms with Gasteiger partial charge in [-0.2, -0.15) is 13.2 Å². The van der Waals surface area contributed by atoms with Crippen molar-refractivity contribution in [1.29, 1.82) is 0 Å². The summed E-state index contributed by atoms with van der Waals surface area (Å²) in [5.74, 6) is 0. The van der Waals surface area contributed by atoms with Crippen LogP contribution in [0.2, 0.25) is 0 Å². The zero-order valence-electron chi connectivity index (χ0n) is 8.76. The predicted molar refractivity (Wildman–Crippen MR) is 50.5 cm³/mol. The summed E-state index contributed by atoms with van der Waals surface area (Å²) in [7, 11) is 1.58. The Morgan fingerprint density at radius 3 is 2.60 bits per heavy atom. The van der Waals surface area contributed by atoms with Crippen molar-refractivity contribution in [3.63, 3.8) is 0 Å². The van der Waals surface area contributed by atoms with Gasteiger partial charge in [0, 0.05) is 26.2 Å². The number of likely N-dealkylation sites (tertiary alicyclic amines) is 1. The Morgan fingerprint density at radius 2 is 2.13 bits per heavy atom. The van der Waals surface area contributed by atoms with Crippen LogP contribution < -0.4 is 5.73 Å². The summed E-state index contributed by atoms with van der Waals surface area (Å²) in [5, 5.41) is 0. The summed E-state index contributed by atoms with van der Waals surface area (Å²) in [6.07, 6.45) is -2.87. The van der Waals surface area contributed by atoms with Gasteiger partial charge < -0.3 is 10.5 Å². The molecule has 0 spiro atoms. The first-order valence-corrected chi connectivity index (χ1v) is 5.00. The van der Waals surface area contributed by atoms with Gasteiger partial charge in [0.05, 0.1) is 12.6 Å². The van der Waals surface area contributed by atoms with Crippen molar-refractivity contribution >= 4 is 0 Å². The summed E-state index contributed by atoms with van der Waals surface area (Å²) < 4.78 is 41.8. The smallest absolute Gasteiger partial charge is 0.381 e. The number of ether oxygens (including phenoxy) is 1. The second kappa shape index (κ2) is 5.14. The fraction of sp³-hybridized carbons (Fsp3) is 1.00. The highest BCUT2D eigenvalue weighted by atomic mass is 19.4. The molecule has 2 unspecified atom stereocenters. The molecule has 1 heterocycles. The first-order valence-electron chi connectivity index (χ1n) is 5.00. The van der Waals surface area contributed by atoms with E-state index in [0.717, 1.165) is 0 Å². The van der Waals surface area contributed by atoms with E-state index < -0.39 is 12.7 Å². The molecule has 2 N–H and O–H groups in total. The molecule has 0 aliphatic carbocycles. The minimum atomic E-state index is -4.15. The first kappa shape index (κ1) is 12.7.